The molecule has 0 radical (unpaired) electrons. The average molecular weight is 320 g/mol. The van der Waals surface area contributed by atoms with Crippen molar-refractivity contribution in [2.75, 3.05) is 26.8 Å². The first-order valence-electron chi connectivity index (χ1n) is 7.96. The van der Waals surface area contributed by atoms with Gasteiger partial charge in [0, 0.05) is 19.7 Å². The van der Waals surface area contributed by atoms with E-state index >= 15 is 0 Å². The highest BCUT2D eigenvalue weighted by molar-refractivity contribution is 5.96. The maximum Gasteiger partial charge on any atom is 0.229 e. The first kappa shape index (κ1) is 17.3. The second kappa shape index (κ2) is 9.15. The topological polar surface area (TPSA) is 76.7 Å². The summed E-state index contributed by atoms with van der Waals surface area (Å²) in [6.07, 6.45) is 2.59. The van der Waals surface area contributed by atoms with Crippen molar-refractivity contribution in [3.63, 3.8) is 0 Å². The van der Waals surface area contributed by atoms with Crippen molar-refractivity contribution in [2.45, 2.75) is 31.8 Å². The lowest BCUT2D eigenvalue weighted by atomic mass is 10.1. The molecule has 2 rings (SSSR count). The zero-order chi connectivity index (χ0) is 16.5. The largest absolute Gasteiger partial charge is 0.496 e. The average Bonchev–Trinajstić information content (AvgIpc) is 3.07. The van der Waals surface area contributed by atoms with Gasteiger partial charge in [-0.05, 0) is 30.9 Å². The van der Waals surface area contributed by atoms with Gasteiger partial charge in [0.2, 0.25) is 11.8 Å². The summed E-state index contributed by atoms with van der Waals surface area (Å²) in [6, 6.07) is 7.67. The van der Waals surface area contributed by atoms with Gasteiger partial charge in [-0.1, -0.05) is 18.2 Å². The Balaban J connectivity index is 1.63. The maximum absolute atomic E-state index is 11.8. The van der Waals surface area contributed by atoms with Crippen LogP contribution < -0.4 is 15.4 Å². The van der Waals surface area contributed by atoms with Crippen LogP contribution >= 0.6 is 0 Å². The van der Waals surface area contributed by atoms with E-state index in [0.717, 1.165) is 30.8 Å². The minimum absolute atomic E-state index is 0.0903. The minimum Gasteiger partial charge on any atom is -0.496 e. The van der Waals surface area contributed by atoms with Gasteiger partial charge in [0.25, 0.3) is 0 Å². The quantitative estimate of drug-likeness (QED) is 0.702. The molecule has 126 valence electrons. The molecule has 1 heterocycles. The molecule has 0 aromatic heterocycles. The Bertz CT molecular complexity index is 527. The maximum atomic E-state index is 11.8. The van der Waals surface area contributed by atoms with Crippen LogP contribution in [0.2, 0.25) is 0 Å². The monoisotopic (exact) mass is 320 g/mol. The lowest BCUT2D eigenvalue weighted by Crippen LogP contribution is -2.36. The Labute approximate surface area is 136 Å². The Morgan fingerprint density at radius 2 is 2.04 bits per heavy atom. The second-order valence-electron chi connectivity index (χ2n) is 5.53. The number of amides is 2. The highest BCUT2D eigenvalue weighted by Gasteiger charge is 2.17. The number of hydrogen-bond donors (Lipinski definition) is 2. The molecule has 1 saturated heterocycles. The van der Waals surface area contributed by atoms with Gasteiger partial charge >= 0.3 is 0 Å². The summed E-state index contributed by atoms with van der Waals surface area (Å²) >= 11 is 0. The normalized spacial score (nSPS) is 16.8. The zero-order valence-electron chi connectivity index (χ0n) is 13.5. The standard InChI is InChI=1S/C17H24N2O4/c1-22-15-7-3-2-5-13(15)8-9-18-16(20)11-17(21)19-12-14-6-4-10-23-14/h2-3,5,7,14H,4,6,8-12H2,1H3,(H,18,20)(H,19,21). The third-order valence-electron chi connectivity index (χ3n) is 3.78. The van der Waals surface area contributed by atoms with Gasteiger partial charge in [0.05, 0.1) is 13.2 Å². The predicted octanol–water partition coefficient (Wildman–Crippen LogP) is 1.04. The van der Waals surface area contributed by atoms with E-state index in [4.69, 9.17) is 9.47 Å². The molecule has 23 heavy (non-hydrogen) atoms. The van der Waals surface area contributed by atoms with Crippen molar-refractivity contribution in [3.05, 3.63) is 29.8 Å². The van der Waals surface area contributed by atoms with Crippen LogP contribution in [-0.2, 0) is 20.7 Å². The summed E-state index contributed by atoms with van der Waals surface area (Å²) in [5.41, 5.74) is 1.03. The van der Waals surface area contributed by atoms with Gasteiger partial charge in [0.15, 0.2) is 0 Å². The zero-order valence-corrected chi connectivity index (χ0v) is 13.5. The molecule has 1 aromatic rings. The fourth-order valence-electron chi connectivity index (χ4n) is 2.55. The minimum atomic E-state index is -0.273. The molecule has 1 fully saturated rings. The van der Waals surface area contributed by atoms with Crippen molar-refractivity contribution >= 4 is 11.8 Å². The molecule has 1 aliphatic rings. The molecule has 2 N–H and O–H groups in total. The van der Waals surface area contributed by atoms with Gasteiger partial charge in [-0.2, -0.15) is 0 Å². The van der Waals surface area contributed by atoms with Crippen LogP contribution in [-0.4, -0.2) is 44.7 Å². The van der Waals surface area contributed by atoms with Crippen LogP contribution in [0, 0.1) is 0 Å². The number of rotatable bonds is 8. The van der Waals surface area contributed by atoms with Crippen LogP contribution in [0.25, 0.3) is 0 Å². The van der Waals surface area contributed by atoms with E-state index in [9.17, 15) is 9.59 Å². The molecule has 6 heteroatoms. The van der Waals surface area contributed by atoms with Gasteiger partial charge < -0.3 is 20.1 Å². The first-order valence-corrected chi connectivity index (χ1v) is 7.96. The van der Waals surface area contributed by atoms with E-state index in [1.165, 1.54) is 0 Å². The molecule has 2 amide bonds. The predicted molar refractivity (Wildman–Crippen MR) is 86.3 cm³/mol. The Morgan fingerprint density at radius 1 is 1.26 bits per heavy atom. The number of methoxy groups -OCH3 is 1. The lowest BCUT2D eigenvalue weighted by molar-refractivity contribution is -0.129. The van der Waals surface area contributed by atoms with Crippen LogP contribution in [0.3, 0.4) is 0 Å². The van der Waals surface area contributed by atoms with Crippen molar-refractivity contribution in [3.8, 4) is 5.75 Å². The number of ether oxygens (including phenoxy) is 2. The molecular formula is C17H24N2O4. The molecule has 6 nitrogen and oxygen atoms in total. The fraction of sp³-hybridized carbons (Fsp3) is 0.529. The summed E-state index contributed by atoms with van der Waals surface area (Å²) < 4.78 is 10.7. The molecule has 0 aliphatic carbocycles. The smallest absolute Gasteiger partial charge is 0.229 e. The molecule has 1 atom stereocenters. The summed E-state index contributed by atoms with van der Waals surface area (Å²) in [5.74, 6) is 0.260. The lowest BCUT2D eigenvalue weighted by Gasteiger charge is -2.11. The number of carbonyl (C=O) groups is 2. The second-order valence-corrected chi connectivity index (χ2v) is 5.53. The van der Waals surface area contributed by atoms with Crippen molar-refractivity contribution in [1.29, 1.82) is 0 Å². The number of carbonyl (C=O) groups excluding carboxylic acids is 2. The van der Waals surface area contributed by atoms with Crippen LogP contribution in [0.15, 0.2) is 24.3 Å². The highest BCUT2D eigenvalue weighted by atomic mass is 16.5. The number of benzene rings is 1. The van der Waals surface area contributed by atoms with Gasteiger partial charge in [-0.3, -0.25) is 9.59 Å². The molecule has 0 spiro atoms. The number of hydrogen-bond acceptors (Lipinski definition) is 4. The van der Waals surface area contributed by atoms with E-state index < -0.39 is 0 Å². The Kier molecular flexibility index (Phi) is 6.87. The molecule has 1 unspecified atom stereocenters. The van der Waals surface area contributed by atoms with Crippen molar-refractivity contribution in [2.24, 2.45) is 0 Å². The Hall–Kier alpha value is -2.08. The summed E-state index contributed by atoms with van der Waals surface area (Å²) in [5, 5.41) is 5.49. The van der Waals surface area contributed by atoms with E-state index in [0.29, 0.717) is 19.5 Å². The molecule has 0 saturated carbocycles. The highest BCUT2D eigenvalue weighted by Crippen LogP contribution is 2.17. The number of para-hydroxylation sites is 1. The van der Waals surface area contributed by atoms with Gasteiger partial charge in [-0.25, -0.2) is 0 Å². The van der Waals surface area contributed by atoms with E-state index in [1.807, 2.05) is 24.3 Å². The molecule has 1 aliphatic heterocycles. The third-order valence-corrected chi connectivity index (χ3v) is 3.78. The molecule has 0 bridgehead atoms. The van der Waals surface area contributed by atoms with Crippen LogP contribution in [0.4, 0.5) is 0 Å². The van der Waals surface area contributed by atoms with Crippen molar-refractivity contribution < 1.29 is 19.1 Å². The van der Waals surface area contributed by atoms with Crippen LogP contribution in [0.5, 0.6) is 5.75 Å². The SMILES string of the molecule is COc1ccccc1CCNC(=O)CC(=O)NCC1CCCO1. The van der Waals surface area contributed by atoms with Crippen molar-refractivity contribution in [1.82, 2.24) is 10.6 Å². The third kappa shape index (κ3) is 5.90. The fourth-order valence-corrected chi connectivity index (χ4v) is 2.55. The number of nitrogens with one attached hydrogen (secondary N) is 2. The summed E-state index contributed by atoms with van der Waals surface area (Å²) in [4.78, 5) is 23.5. The summed E-state index contributed by atoms with van der Waals surface area (Å²) in [6.45, 7) is 1.70. The van der Waals surface area contributed by atoms with Gasteiger partial charge in [0.1, 0.15) is 12.2 Å². The molecule has 1 aromatic carbocycles. The van der Waals surface area contributed by atoms with E-state index in [-0.39, 0.29) is 24.3 Å². The Morgan fingerprint density at radius 3 is 2.78 bits per heavy atom. The van der Waals surface area contributed by atoms with Crippen LogP contribution in [0.1, 0.15) is 24.8 Å². The van der Waals surface area contributed by atoms with E-state index in [1.54, 1.807) is 7.11 Å². The van der Waals surface area contributed by atoms with E-state index in [2.05, 4.69) is 10.6 Å². The first-order chi connectivity index (χ1) is 11.2. The van der Waals surface area contributed by atoms with Gasteiger partial charge in [-0.15, -0.1) is 0 Å². The molecular weight excluding hydrogens is 296 g/mol. The summed E-state index contributed by atoms with van der Waals surface area (Å²) in [7, 11) is 1.62.